The Kier molecular flexibility index (Phi) is 9.73. The fourth-order valence-corrected chi connectivity index (χ4v) is 5.28. The minimum Gasteiger partial charge on any atom is -0.508 e. The van der Waals surface area contributed by atoms with Crippen LogP contribution >= 0.6 is 0 Å². The van der Waals surface area contributed by atoms with Crippen LogP contribution in [0.4, 0.5) is 0 Å². The van der Waals surface area contributed by atoms with E-state index in [1.54, 1.807) is 17.0 Å². The maximum atomic E-state index is 13.6. The fourth-order valence-electron chi connectivity index (χ4n) is 5.28. The number of rotatable bonds is 11. The van der Waals surface area contributed by atoms with Gasteiger partial charge in [-0.3, -0.25) is 19.6 Å². The first-order valence-electron chi connectivity index (χ1n) is 13.1. The van der Waals surface area contributed by atoms with Crippen molar-refractivity contribution >= 4 is 18.2 Å². The van der Waals surface area contributed by atoms with Gasteiger partial charge >= 0.3 is 0 Å². The average molecular weight is 503 g/mol. The zero-order chi connectivity index (χ0) is 26.3. The largest absolute Gasteiger partial charge is 0.508 e. The molecular formula is C27H42N4O5. The van der Waals surface area contributed by atoms with Crippen LogP contribution in [0, 0.1) is 17.3 Å². The maximum Gasteiger partial charge on any atom is 0.245 e. The summed E-state index contributed by atoms with van der Waals surface area (Å²) in [5, 5.41) is 26.2. The Morgan fingerprint density at radius 1 is 1.17 bits per heavy atom. The third-order valence-corrected chi connectivity index (χ3v) is 7.42. The molecule has 3 atom stereocenters. The normalized spacial score (nSPS) is 20.2. The predicted molar refractivity (Wildman–Crippen MR) is 136 cm³/mol. The lowest BCUT2D eigenvalue weighted by molar-refractivity contribution is -0.155. The number of nitrogens with one attached hydrogen (secondary N) is 2. The number of carbonyl (C=O) groups excluding carboxylic acids is 3. The van der Waals surface area contributed by atoms with Crippen LogP contribution in [0.1, 0.15) is 64.9 Å². The number of likely N-dealkylation sites (tertiary alicyclic amines) is 1. The van der Waals surface area contributed by atoms with Crippen LogP contribution < -0.4 is 10.6 Å². The first-order valence-corrected chi connectivity index (χ1v) is 13.1. The molecule has 3 amide bonds. The van der Waals surface area contributed by atoms with Gasteiger partial charge in [0.25, 0.3) is 0 Å². The van der Waals surface area contributed by atoms with Crippen molar-refractivity contribution in [3.05, 3.63) is 29.8 Å². The van der Waals surface area contributed by atoms with E-state index in [-0.39, 0.29) is 30.2 Å². The molecule has 9 heteroatoms. The maximum absolute atomic E-state index is 13.6. The van der Waals surface area contributed by atoms with E-state index in [1.165, 1.54) is 0 Å². The molecule has 1 saturated heterocycles. The highest BCUT2D eigenvalue weighted by molar-refractivity contribution is 5.89. The first-order chi connectivity index (χ1) is 17.1. The zero-order valence-electron chi connectivity index (χ0n) is 21.8. The summed E-state index contributed by atoms with van der Waals surface area (Å²) in [5.74, 6) is -0.351. The molecule has 2 fully saturated rings. The Morgan fingerprint density at radius 2 is 1.83 bits per heavy atom. The molecule has 36 heavy (non-hydrogen) atoms. The van der Waals surface area contributed by atoms with Gasteiger partial charge in [-0.1, -0.05) is 58.6 Å². The molecule has 200 valence electrons. The molecule has 1 aromatic rings. The molecule has 1 heterocycles. The molecule has 2 aliphatic rings. The summed E-state index contributed by atoms with van der Waals surface area (Å²) in [4.78, 5) is 39.7. The highest BCUT2D eigenvalue weighted by atomic mass is 16.5. The number of hydroxylamine groups is 2. The molecular weight excluding hydrogens is 460 g/mol. The molecule has 0 aromatic heterocycles. The number of nitrogens with zero attached hydrogens (tertiary/aromatic N) is 2. The SMILES string of the molecule is CC(C)(C)[C@H](NC(=O)[C@H](CC1CCCC1)CN(O)C=O)C(=O)N1CC[C@@H](NCc2ccc(O)cc2)C1. The standard InChI is InChI=1S/C27H42N4O5/c1-27(2,3)24(29-25(34)21(16-31(36)18-32)14-19-6-4-5-7-19)26(35)30-13-12-22(17-30)28-15-20-8-10-23(33)11-9-20/h8-11,18-19,21-22,24,28,33,36H,4-7,12-17H2,1-3H3,(H,29,34)/t21-,22-,24-/m1/s1. The first kappa shape index (κ1) is 27.9. The molecule has 0 spiro atoms. The molecule has 1 aliphatic carbocycles. The third-order valence-electron chi connectivity index (χ3n) is 7.42. The van der Waals surface area contributed by atoms with E-state index < -0.39 is 17.4 Å². The summed E-state index contributed by atoms with van der Waals surface area (Å²) in [6.07, 6.45) is 6.09. The van der Waals surface area contributed by atoms with Crippen LogP contribution in [-0.2, 0) is 20.9 Å². The number of phenolic OH excluding ortho intramolecular Hbond substituents is 1. The highest BCUT2D eigenvalue weighted by Crippen LogP contribution is 2.31. The van der Waals surface area contributed by atoms with E-state index in [9.17, 15) is 24.7 Å². The zero-order valence-corrected chi connectivity index (χ0v) is 21.8. The van der Waals surface area contributed by atoms with Gasteiger partial charge in [-0.05, 0) is 41.9 Å². The van der Waals surface area contributed by atoms with Crippen LogP contribution in [0.2, 0.25) is 0 Å². The number of carbonyl (C=O) groups is 3. The van der Waals surface area contributed by atoms with Crippen molar-refractivity contribution in [1.29, 1.82) is 0 Å². The van der Waals surface area contributed by atoms with E-state index >= 15 is 0 Å². The second kappa shape index (κ2) is 12.5. The van der Waals surface area contributed by atoms with Crippen LogP contribution in [0.5, 0.6) is 5.75 Å². The summed E-state index contributed by atoms with van der Waals surface area (Å²) in [5.41, 5.74) is 0.546. The number of hydrogen-bond donors (Lipinski definition) is 4. The number of phenols is 1. The minimum absolute atomic E-state index is 0.0795. The molecule has 1 saturated carbocycles. The molecule has 9 nitrogen and oxygen atoms in total. The molecule has 0 unspecified atom stereocenters. The number of hydrogen-bond acceptors (Lipinski definition) is 6. The fraction of sp³-hybridized carbons (Fsp3) is 0.667. The van der Waals surface area contributed by atoms with Crippen LogP contribution in [-0.4, -0.2) is 70.2 Å². The van der Waals surface area contributed by atoms with E-state index in [1.807, 2.05) is 32.9 Å². The molecule has 1 aromatic carbocycles. The van der Waals surface area contributed by atoms with Gasteiger partial charge in [0.2, 0.25) is 18.2 Å². The van der Waals surface area contributed by atoms with Crippen molar-refractivity contribution in [3.8, 4) is 5.75 Å². The van der Waals surface area contributed by atoms with Crippen LogP contribution in [0.15, 0.2) is 24.3 Å². The van der Waals surface area contributed by atoms with Gasteiger partial charge in [-0.25, -0.2) is 5.06 Å². The van der Waals surface area contributed by atoms with Gasteiger partial charge < -0.3 is 20.6 Å². The quantitative estimate of drug-likeness (QED) is 0.210. The summed E-state index contributed by atoms with van der Waals surface area (Å²) in [6.45, 7) is 7.52. The molecule has 4 N–H and O–H groups in total. The Balaban J connectivity index is 1.61. The lowest BCUT2D eigenvalue weighted by Crippen LogP contribution is -2.56. The summed E-state index contributed by atoms with van der Waals surface area (Å²) < 4.78 is 0. The van der Waals surface area contributed by atoms with Gasteiger partial charge in [0, 0.05) is 25.7 Å². The molecule has 1 aliphatic heterocycles. The van der Waals surface area contributed by atoms with Crippen LogP contribution in [0.3, 0.4) is 0 Å². The van der Waals surface area contributed by atoms with Gasteiger partial charge in [0.15, 0.2) is 0 Å². The Labute approximate surface area is 214 Å². The second-order valence-electron chi connectivity index (χ2n) is 11.4. The molecule has 3 rings (SSSR count). The number of amides is 3. The van der Waals surface area contributed by atoms with Crippen molar-refractivity contribution < 1.29 is 24.7 Å². The smallest absolute Gasteiger partial charge is 0.245 e. The number of aromatic hydroxyl groups is 1. The summed E-state index contributed by atoms with van der Waals surface area (Å²) in [6, 6.07) is 6.48. The monoisotopic (exact) mass is 502 g/mol. The van der Waals surface area contributed by atoms with Gasteiger partial charge in [-0.15, -0.1) is 0 Å². The van der Waals surface area contributed by atoms with Crippen molar-refractivity contribution in [2.24, 2.45) is 17.3 Å². The highest BCUT2D eigenvalue weighted by Gasteiger charge is 2.39. The van der Waals surface area contributed by atoms with E-state index in [0.717, 1.165) is 37.7 Å². The van der Waals surface area contributed by atoms with E-state index in [0.29, 0.717) is 43.4 Å². The Morgan fingerprint density at radius 3 is 2.44 bits per heavy atom. The minimum atomic E-state index is -0.713. The third kappa shape index (κ3) is 7.93. The summed E-state index contributed by atoms with van der Waals surface area (Å²) >= 11 is 0. The summed E-state index contributed by atoms with van der Waals surface area (Å²) in [7, 11) is 0. The lowest BCUT2D eigenvalue weighted by Gasteiger charge is -2.35. The van der Waals surface area contributed by atoms with Crippen molar-refractivity contribution in [2.45, 2.75) is 77.9 Å². The average Bonchev–Trinajstić information content (AvgIpc) is 3.52. The topological polar surface area (TPSA) is 122 Å². The van der Waals surface area contributed by atoms with Crippen molar-refractivity contribution in [1.82, 2.24) is 20.6 Å². The number of benzene rings is 1. The van der Waals surface area contributed by atoms with Gasteiger partial charge in [0.05, 0.1) is 12.5 Å². The lowest BCUT2D eigenvalue weighted by atomic mass is 9.84. The Hall–Kier alpha value is -2.65. The van der Waals surface area contributed by atoms with E-state index in [2.05, 4.69) is 10.6 Å². The van der Waals surface area contributed by atoms with E-state index in [4.69, 9.17) is 0 Å². The second-order valence-corrected chi connectivity index (χ2v) is 11.4. The Bertz CT molecular complexity index is 879. The van der Waals surface area contributed by atoms with Crippen LogP contribution in [0.25, 0.3) is 0 Å². The van der Waals surface area contributed by atoms with Gasteiger partial charge in [-0.2, -0.15) is 0 Å². The molecule has 0 radical (unpaired) electrons. The van der Waals surface area contributed by atoms with Gasteiger partial charge in [0.1, 0.15) is 11.8 Å². The predicted octanol–water partition coefficient (Wildman–Crippen LogP) is 2.66. The van der Waals surface area contributed by atoms with Crippen molar-refractivity contribution in [2.75, 3.05) is 19.6 Å². The van der Waals surface area contributed by atoms with Crippen molar-refractivity contribution in [3.63, 3.8) is 0 Å². The molecule has 0 bridgehead atoms.